The Morgan fingerprint density at radius 2 is 1.96 bits per heavy atom. The summed E-state index contributed by atoms with van der Waals surface area (Å²) in [5, 5.41) is 3.97. The van der Waals surface area contributed by atoms with Crippen LogP contribution < -0.4 is 0 Å². The van der Waals surface area contributed by atoms with Crippen LogP contribution in [0.3, 0.4) is 0 Å². The van der Waals surface area contributed by atoms with Gasteiger partial charge in [-0.25, -0.2) is 4.39 Å². The lowest BCUT2D eigenvalue weighted by molar-refractivity contribution is -0.129. The number of halogens is 1. The fourth-order valence-corrected chi connectivity index (χ4v) is 2.84. The summed E-state index contributed by atoms with van der Waals surface area (Å²) >= 11 is 0. The van der Waals surface area contributed by atoms with Crippen molar-refractivity contribution in [3.05, 3.63) is 47.4 Å². The van der Waals surface area contributed by atoms with E-state index in [1.54, 1.807) is 17.0 Å². The van der Waals surface area contributed by atoms with Gasteiger partial charge in [-0.15, -0.1) is 0 Å². The van der Waals surface area contributed by atoms with Gasteiger partial charge in [0, 0.05) is 18.9 Å². The predicted molar refractivity (Wildman–Crippen MR) is 82.3 cm³/mol. The van der Waals surface area contributed by atoms with Crippen LogP contribution in [0.15, 0.2) is 28.8 Å². The number of likely N-dealkylation sites (tertiary alicyclic amines) is 1. The number of nitrogens with zero attached hydrogens (tertiary/aromatic N) is 3. The molecule has 2 unspecified atom stereocenters. The maximum absolute atomic E-state index is 13.0. The molecule has 1 aromatic heterocycles. The molecule has 0 bridgehead atoms. The summed E-state index contributed by atoms with van der Waals surface area (Å²) in [6.45, 7) is 6.48. The van der Waals surface area contributed by atoms with Crippen LogP contribution in [0.4, 0.5) is 4.39 Å². The van der Waals surface area contributed by atoms with Crippen LogP contribution in [-0.4, -0.2) is 27.5 Å². The molecular weight excluding hydrogens is 297 g/mol. The molecule has 1 amide bonds. The van der Waals surface area contributed by atoms with E-state index in [1.165, 1.54) is 12.1 Å². The van der Waals surface area contributed by atoms with Gasteiger partial charge in [-0.2, -0.15) is 4.98 Å². The van der Waals surface area contributed by atoms with E-state index >= 15 is 0 Å². The Morgan fingerprint density at radius 1 is 1.26 bits per heavy atom. The fourth-order valence-electron chi connectivity index (χ4n) is 2.84. The highest BCUT2D eigenvalue weighted by atomic mass is 19.1. The first-order valence-corrected chi connectivity index (χ1v) is 7.84. The van der Waals surface area contributed by atoms with Crippen molar-refractivity contribution in [1.82, 2.24) is 15.0 Å². The maximum atomic E-state index is 13.0. The van der Waals surface area contributed by atoms with Gasteiger partial charge in [-0.05, 0) is 24.6 Å². The molecule has 1 aliphatic rings. The monoisotopic (exact) mass is 317 g/mol. The van der Waals surface area contributed by atoms with Crippen LogP contribution >= 0.6 is 0 Å². The first kappa shape index (κ1) is 15.6. The second-order valence-electron chi connectivity index (χ2n) is 6.32. The molecule has 0 N–H and O–H groups in total. The molecule has 1 aromatic carbocycles. The summed E-state index contributed by atoms with van der Waals surface area (Å²) in [7, 11) is 0. The average Bonchev–Trinajstić information content (AvgIpc) is 3.14. The van der Waals surface area contributed by atoms with Crippen molar-refractivity contribution in [1.29, 1.82) is 0 Å². The zero-order valence-electron chi connectivity index (χ0n) is 13.5. The number of rotatable bonds is 4. The highest BCUT2D eigenvalue weighted by Gasteiger charge is 2.37. The molecule has 1 aliphatic heterocycles. The molecule has 1 fully saturated rings. The Labute approximate surface area is 134 Å². The molecule has 122 valence electrons. The van der Waals surface area contributed by atoms with Crippen LogP contribution in [0, 0.1) is 5.82 Å². The SMILES string of the molecule is CC(C)c1noc(C2CC(=O)N(C(C)c3ccc(F)cc3)C2)n1. The van der Waals surface area contributed by atoms with E-state index in [9.17, 15) is 9.18 Å². The van der Waals surface area contributed by atoms with Crippen LogP contribution in [0.25, 0.3) is 0 Å². The number of carbonyl (C=O) groups is 1. The molecule has 3 rings (SSSR count). The number of aromatic nitrogens is 2. The average molecular weight is 317 g/mol. The van der Waals surface area contributed by atoms with Gasteiger partial charge in [-0.1, -0.05) is 31.1 Å². The molecule has 5 nitrogen and oxygen atoms in total. The summed E-state index contributed by atoms with van der Waals surface area (Å²) < 4.78 is 18.4. The minimum Gasteiger partial charge on any atom is -0.339 e. The number of amides is 1. The molecule has 0 aliphatic carbocycles. The fraction of sp³-hybridized carbons (Fsp3) is 0.471. The van der Waals surface area contributed by atoms with E-state index < -0.39 is 0 Å². The van der Waals surface area contributed by atoms with Crippen molar-refractivity contribution in [2.24, 2.45) is 0 Å². The van der Waals surface area contributed by atoms with Gasteiger partial charge >= 0.3 is 0 Å². The highest BCUT2D eigenvalue weighted by Crippen LogP contribution is 2.33. The number of hydrogen-bond donors (Lipinski definition) is 0. The highest BCUT2D eigenvalue weighted by molar-refractivity contribution is 5.80. The largest absolute Gasteiger partial charge is 0.339 e. The lowest BCUT2D eigenvalue weighted by Crippen LogP contribution is -2.28. The number of hydrogen-bond acceptors (Lipinski definition) is 4. The Kier molecular flexibility index (Phi) is 4.15. The van der Waals surface area contributed by atoms with Gasteiger partial charge in [0.05, 0.1) is 12.0 Å². The van der Waals surface area contributed by atoms with Gasteiger partial charge < -0.3 is 9.42 Å². The third-order valence-corrected chi connectivity index (χ3v) is 4.30. The first-order chi connectivity index (χ1) is 11.0. The van der Waals surface area contributed by atoms with E-state index in [1.807, 2.05) is 20.8 Å². The molecule has 2 atom stereocenters. The van der Waals surface area contributed by atoms with Crippen molar-refractivity contribution in [3.63, 3.8) is 0 Å². The van der Waals surface area contributed by atoms with Gasteiger partial charge in [0.15, 0.2) is 5.82 Å². The molecule has 2 aromatic rings. The van der Waals surface area contributed by atoms with Gasteiger partial charge in [0.1, 0.15) is 5.82 Å². The van der Waals surface area contributed by atoms with Crippen molar-refractivity contribution >= 4 is 5.91 Å². The molecule has 2 heterocycles. The summed E-state index contributed by atoms with van der Waals surface area (Å²) in [6, 6.07) is 6.14. The molecule has 0 spiro atoms. The minimum absolute atomic E-state index is 0.0520. The van der Waals surface area contributed by atoms with Crippen LogP contribution in [0.2, 0.25) is 0 Å². The maximum Gasteiger partial charge on any atom is 0.232 e. The number of benzene rings is 1. The van der Waals surface area contributed by atoms with Crippen LogP contribution in [-0.2, 0) is 4.79 Å². The van der Waals surface area contributed by atoms with Crippen LogP contribution in [0.5, 0.6) is 0 Å². The van der Waals surface area contributed by atoms with Gasteiger partial charge in [0.25, 0.3) is 0 Å². The minimum atomic E-state index is -0.279. The van der Waals surface area contributed by atoms with Crippen molar-refractivity contribution in [3.8, 4) is 0 Å². The Morgan fingerprint density at radius 3 is 2.57 bits per heavy atom. The molecule has 0 radical (unpaired) electrons. The molecule has 0 saturated carbocycles. The third kappa shape index (κ3) is 3.11. The first-order valence-electron chi connectivity index (χ1n) is 7.84. The van der Waals surface area contributed by atoms with Crippen molar-refractivity contribution < 1.29 is 13.7 Å². The smallest absolute Gasteiger partial charge is 0.232 e. The Bertz CT molecular complexity index is 696. The standard InChI is InChI=1S/C17H20FN3O2/c1-10(2)16-19-17(23-20-16)13-8-15(22)21(9-13)11(3)12-4-6-14(18)7-5-12/h4-7,10-11,13H,8-9H2,1-3H3. The topological polar surface area (TPSA) is 59.2 Å². The van der Waals surface area contributed by atoms with E-state index in [2.05, 4.69) is 10.1 Å². The van der Waals surface area contributed by atoms with Gasteiger partial charge in [0.2, 0.25) is 11.8 Å². The zero-order valence-corrected chi connectivity index (χ0v) is 13.5. The summed E-state index contributed by atoms with van der Waals surface area (Å²) in [4.78, 5) is 18.5. The molecule has 1 saturated heterocycles. The third-order valence-electron chi connectivity index (χ3n) is 4.30. The Balaban J connectivity index is 1.75. The van der Waals surface area contributed by atoms with Crippen LogP contribution in [0.1, 0.15) is 62.3 Å². The van der Waals surface area contributed by atoms with E-state index in [0.717, 1.165) is 5.56 Å². The summed E-state index contributed by atoms with van der Waals surface area (Å²) in [6.07, 6.45) is 0.366. The quantitative estimate of drug-likeness (QED) is 0.867. The van der Waals surface area contributed by atoms with E-state index in [0.29, 0.717) is 24.7 Å². The predicted octanol–water partition coefficient (Wildman–Crippen LogP) is 3.41. The normalized spacial score (nSPS) is 19.6. The lowest BCUT2D eigenvalue weighted by Gasteiger charge is -2.25. The zero-order chi connectivity index (χ0) is 16.6. The second kappa shape index (κ2) is 6.10. The number of carbonyl (C=O) groups excluding carboxylic acids is 1. The molecule has 6 heteroatoms. The van der Waals surface area contributed by atoms with Gasteiger partial charge in [-0.3, -0.25) is 4.79 Å². The summed E-state index contributed by atoms with van der Waals surface area (Å²) in [5.41, 5.74) is 0.911. The molecule has 23 heavy (non-hydrogen) atoms. The van der Waals surface area contributed by atoms with E-state index in [4.69, 9.17) is 4.52 Å². The summed E-state index contributed by atoms with van der Waals surface area (Å²) in [5.74, 6) is 1.08. The second-order valence-corrected chi connectivity index (χ2v) is 6.32. The van der Waals surface area contributed by atoms with E-state index in [-0.39, 0.29) is 29.6 Å². The Hall–Kier alpha value is -2.24. The van der Waals surface area contributed by atoms with Crippen molar-refractivity contribution in [2.75, 3.05) is 6.54 Å². The van der Waals surface area contributed by atoms with Crippen molar-refractivity contribution in [2.45, 2.75) is 45.1 Å². The lowest BCUT2D eigenvalue weighted by atomic mass is 10.1. The molecular formula is C17H20FN3O2.